The van der Waals surface area contributed by atoms with Crippen LogP contribution in [-0.2, 0) is 23.2 Å². The largest absolute Gasteiger partial charge is 0.472 e. The average Bonchev–Trinajstić information content (AvgIpc) is 3.40. The van der Waals surface area contributed by atoms with Crippen molar-refractivity contribution >= 4 is 15.9 Å². The Morgan fingerprint density at radius 2 is 1.86 bits per heavy atom. The number of ether oxygens (including phenoxy) is 1. The van der Waals surface area contributed by atoms with Crippen LogP contribution in [0.2, 0.25) is 0 Å². The van der Waals surface area contributed by atoms with E-state index in [2.05, 4.69) is 21.8 Å². The topological polar surface area (TPSA) is 118 Å². The summed E-state index contributed by atoms with van der Waals surface area (Å²) in [5.41, 5.74) is -0.0957. The van der Waals surface area contributed by atoms with Crippen molar-refractivity contribution in [2.24, 2.45) is 13.0 Å². The van der Waals surface area contributed by atoms with Gasteiger partial charge in [-0.15, -0.1) is 0 Å². The van der Waals surface area contributed by atoms with Gasteiger partial charge in [-0.3, -0.25) is 4.79 Å². The summed E-state index contributed by atoms with van der Waals surface area (Å²) in [6.45, 7) is 3.26. The highest BCUT2D eigenvalue weighted by molar-refractivity contribution is 7.89. The Morgan fingerprint density at radius 3 is 2.45 bits per heavy atom. The Morgan fingerprint density at radius 1 is 1.19 bits per heavy atom. The molecule has 0 unspecified atom stereocenters. The van der Waals surface area contributed by atoms with Crippen LogP contribution in [0.5, 0.6) is 5.88 Å². The molecule has 1 N–H and O–H groups in total. The second kappa shape index (κ2) is 12.1. The number of fused-ring (bicyclic) bond motifs is 1. The number of halogens is 3. The van der Waals surface area contributed by atoms with Gasteiger partial charge in [0.05, 0.1) is 31.1 Å². The van der Waals surface area contributed by atoms with Crippen molar-refractivity contribution in [3.63, 3.8) is 0 Å². The van der Waals surface area contributed by atoms with Crippen molar-refractivity contribution < 1.29 is 36.2 Å². The van der Waals surface area contributed by atoms with E-state index < -0.39 is 39.8 Å². The van der Waals surface area contributed by atoms with Crippen LogP contribution in [0.4, 0.5) is 13.2 Å². The molecule has 2 aromatic heterocycles. The third kappa shape index (κ3) is 6.75. The number of rotatable bonds is 6. The van der Waals surface area contributed by atoms with Crippen molar-refractivity contribution in [1.29, 1.82) is 0 Å². The number of hydrogen-bond donors (Lipinski definition) is 1. The highest BCUT2D eigenvalue weighted by Crippen LogP contribution is 2.30. The second-order valence-corrected chi connectivity index (χ2v) is 12.2. The molecule has 224 valence electrons. The van der Waals surface area contributed by atoms with Gasteiger partial charge in [-0.2, -0.15) is 17.5 Å². The molecule has 14 heteroatoms. The number of amides is 1. The van der Waals surface area contributed by atoms with E-state index in [9.17, 15) is 31.5 Å². The van der Waals surface area contributed by atoms with E-state index in [4.69, 9.17) is 4.74 Å². The minimum atomic E-state index is -4.46. The first-order valence-electron chi connectivity index (χ1n) is 12.9. The molecule has 1 amide bonds. The highest BCUT2D eigenvalue weighted by Gasteiger charge is 2.36. The summed E-state index contributed by atoms with van der Waals surface area (Å²) < 4.78 is 73.6. The van der Waals surface area contributed by atoms with E-state index in [0.29, 0.717) is 11.1 Å². The molecule has 3 aromatic rings. The van der Waals surface area contributed by atoms with Gasteiger partial charge < -0.3 is 19.3 Å². The number of hydrogen-bond acceptors (Lipinski definition) is 7. The van der Waals surface area contributed by atoms with Gasteiger partial charge in [-0.25, -0.2) is 18.4 Å². The van der Waals surface area contributed by atoms with Gasteiger partial charge >= 0.3 is 6.18 Å². The van der Waals surface area contributed by atoms with Crippen LogP contribution in [0.25, 0.3) is 0 Å². The molecule has 3 atom stereocenters. The number of alkyl halides is 3. The summed E-state index contributed by atoms with van der Waals surface area (Å²) in [6, 6.07) is 5.25. The lowest BCUT2D eigenvalue weighted by Gasteiger charge is -2.37. The maximum Gasteiger partial charge on any atom is 0.416 e. The number of carbonyl (C=O) groups excluding carboxylic acids is 1. The molecule has 4 rings (SSSR count). The van der Waals surface area contributed by atoms with E-state index in [1.165, 1.54) is 53.4 Å². The molecule has 1 aliphatic rings. The van der Waals surface area contributed by atoms with Crippen LogP contribution in [0.3, 0.4) is 0 Å². The summed E-state index contributed by atoms with van der Waals surface area (Å²) in [4.78, 5) is 23.3. The van der Waals surface area contributed by atoms with Crippen molar-refractivity contribution in [3.05, 3.63) is 71.3 Å². The Hall–Kier alpha value is -3.93. The SMILES string of the molecule is C[C@H](CO)N1C[C@H](C)[C@H](CN(C)S(=O)(=O)c2cn(C)cn2)Oc2ncc(C#Cc3ccc(C(F)(F)F)cc3)cc2C1=O. The van der Waals surface area contributed by atoms with Crippen molar-refractivity contribution in [2.75, 3.05) is 26.7 Å². The lowest BCUT2D eigenvalue weighted by atomic mass is 10.0. The molecule has 0 bridgehead atoms. The zero-order chi connectivity index (χ0) is 30.8. The lowest BCUT2D eigenvalue weighted by molar-refractivity contribution is -0.137. The van der Waals surface area contributed by atoms with Crippen molar-refractivity contribution in [2.45, 2.75) is 37.2 Å². The van der Waals surface area contributed by atoms with Crippen LogP contribution in [0, 0.1) is 17.8 Å². The van der Waals surface area contributed by atoms with Crippen molar-refractivity contribution in [1.82, 2.24) is 23.7 Å². The van der Waals surface area contributed by atoms with E-state index >= 15 is 0 Å². The molecule has 0 fully saturated rings. The van der Waals surface area contributed by atoms with E-state index in [1.807, 2.05) is 6.92 Å². The molecule has 0 spiro atoms. The number of benzene rings is 1. The first kappa shape index (κ1) is 31.0. The first-order chi connectivity index (χ1) is 19.7. The molecule has 1 aliphatic heterocycles. The van der Waals surface area contributed by atoms with E-state index in [-0.39, 0.29) is 42.1 Å². The number of nitrogens with zero attached hydrogens (tertiary/aromatic N) is 5. The number of aromatic nitrogens is 3. The summed E-state index contributed by atoms with van der Waals surface area (Å²) >= 11 is 0. The summed E-state index contributed by atoms with van der Waals surface area (Å²) in [7, 11) is -0.870. The van der Waals surface area contributed by atoms with Crippen molar-refractivity contribution in [3.8, 4) is 17.7 Å². The summed E-state index contributed by atoms with van der Waals surface area (Å²) in [5.74, 6) is 4.72. The number of carbonyl (C=O) groups is 1. The fraction of sp³-hybridized carbons (Fsp3) is 0.393. The van der Waals surface area contributed by atoms with Crippen LogP contribution in [-0.4, -0.2) is 82.1 Å². The van der Waals surface area contributed by atoms with Gasteiger partial charge in [0.25, 0.3) is 15.9 Å². The molecule has 0 saturated carbocycles. The maximum absolute atomic E-state index is 13.6. The normalized spacial score (nSPS) is 18.4. The van der Waals surface area contributed by atoms with E-state index in [1.54, 1.807) is 14.0 Å². The molecule has 0 aliphatic carbocycles. The minimum absolute atomic E-state index is 0.0320. The van der Waals surface area contributed by atoms with Gasteiger partial charge in [0.2, 0.25) is 5.88 Å². The van der Waals surface area contributed by atoms with Crippen LogP contribution in [0.15, 0.2) is 54.1 Å². The Bertz CT molecular complexity index is 1610. The number of pyridine rings is 1. The standard InChI is InChI=1S/C28H30F3N5O5S/c1-18-13-36(19(2)16-37)27(38)23-11-21(6-5-20-7-9-22(10-8-20)28(29,30)31)12-32-26(23)41-24(18)14-35(4)42(39,40)25-15-34(3)17-33-25/h7-12,15,17-19,24,37H,13-14,16H2,1-4H3/t18-,19+,24-/m0/s1. The Kier molecular flexibility index (Phi) is 8.95. The minimum Gasteiger partial charge on any atom is -0.472 e. The molecule has 1 aromatic carbocycles. The molecule has 0 saturated heterocycles. The second-order valence-electron chi connectivity index (χ2n) is 10.2. The highest BCUT2D eigenvalue weighted by atomic mass is 32.2. The monoisotopic (exact) mass is 605 g/mol. The third-order valence-electron chi connectivity index (χ3n) is 6.88. The zero-order valence-electron chi connectivity index (χ0n) is 23.3. The van der Waals surface area contributed by atoms with Gasteiger partial charge in [0.1, 0.15) is 11.7 Å². The third-order valence-corrected chi connectivity index (χ3v) is 8.59. The molecular formula is C28H30F3N5O5S. The molecule has 3 heterocycles. The summed E-state index contributed by atoms with van der Waals surface area (Å²) in [5, 5.41) is 9.73. The van der Waals surface area contributed by atoms with Crippen LogP contribution in [0.1, 0.15) is 40.9 Å². The van der Waals surface area contributed by atoms with Gasteiger partial charge in [-0.05, 0) is 37.3 Å². The summed E-state index contributed by atoms with van der Waals surface area (Å²) in [6.07, 6.45) is -1.06. The number of aliphatic hydroxyl groups excluding tert-OH is 1. The van der Waals surface area contributed by atoms with Gasteiger partial charge in [0, 0.05) is 50.1 Å². The van der Waals surface area contributed by atoms with Gasteiger partial charge in [-0.1, -0.05) is 18.8 Å². The molecule has 10 nitrogen and oxygen atoms in total. The number of aryl methyl sites for hydroxylation is 1. The lowest BCUT2D eigenvalue weighted by Crippen LogP contribution is -2.50. The Labute approximate surface area is 241 Å². The molecular weight excluding hydrogens is 575 g/mol. The zero-order valence-corrected chi connectivity index (χ0v) is 24.1. The number of likely N-dealkylation sites (N-methyl/N-ethyl adjacent to an activating group) is 1. The van der Waals surface area contributed by atoms with E-state index in [0.717, 1.165) is 16.4 Å². The average molecular weight is 606 g/mol. The quantitative estimate of drug-likeness (QED) is 0.430. The molecule has 42 heavy (non-hydrogen) atoms. The predicted octanol–water partition coefficient (Wildman–Crippen LogP) is 2.77. The fourth-order valence-corrected chi connectivity index (χ4v) is 5.45. The number of imidazole rings is 1. The number of sulfonamides is 1. The fourth-order valence-electron chi connectivity index (χ4n) is 4.31. The van der Waals surface area contributed by atoms with Crippen LogP contribution >= 0.6 is 0 Å². The van der Waals surface area contributed by atoms with Gasteiger partial charge in [0.15, 0.2) is 5.03 Å². The molecule has 0 radical (unpaired) electrons. The number of aliphatic hydroxyl groups is 1. The maximum atomic E-state index is 13.6. The predicted molar refractivity (Wildman–Crippen MR) is 146 cm³/mol. The first-order valence-corrected chi connectivity index (χ1v) is 14.4. The smallest absolute Gasteiger partial charge is 0.416 e. The van der Waals surface area contributed by atoms with Crippen LogP contribution < -0.4 is 4.74 Å². The Balaban J connectivity index is 1.66.